The number of nitrogens with zero attached hydrogens (tertiary/aromatic N) is 2. The number of thiocarbonyl (C=S) groups is 1. The number of rotatable bonds is 2. The summed E-state index contributed by atoms with van der Waals surface area (Å²) in [6.45, 7) is 4.34. The molecule has 24 heavy (non-hydrogen) atoms. The maximum Gasteiger partial charge on any atom is 0.219 e. The number of carbonyl (C=O) groups excluding carboxylic acids is 1. The maximum atomic E-state index is 11.4. The number of hydrogen-bond donors (Lipinski definition) is 0. The summed E-state index contributed by atoms with van der Waals surface area (Å²) in [5.74, 6) is 1.37. The summed E-state index contributed by atoms with van der Waals surface area (Å²) in [5, 5.41) is 1.11. The van der Waals surface area contributed by atoms with E-state index in [2.05, 4.69) is 4.90 Å². The molecule has 0 unspecified atom stereocenters. The van der Waals surface area contributed by atoms with Crippen LogP contribution in [0.3, 0.4) is 0 Å². The Kier molecular flexibility index (Phi) is 5.13. The first kappa shape index (κ1) is 17.3. The van der Waals surface area contributed by atoms with Crippen LogP contribution in [0.5, 0.6) is 0 Å². The van der Waals surface area contributed by atoms with Crippen molar-refractivity contribution in [3.8, 4) is 11.3 Å². The highest BCUT2D eigenvalue weighted by atomic mass is 35.5. The van der Waals surface area contributed by atoms with Crippen molar-refractivity contribution in [3.05, 3.63) is 46.1 Å². The lowest BCUT2D eigenvalue weighted by molar-refractivity contribution is -0.130. The van der Waals surface area contributed by atoms with E-state index in [-0.39, 0.29) is 5.91 Å². The number of benzene rings is 1. The highest BCUT2D eigenvalue weighted by molar-refractivity contribution is 7.80. The molecule has 1 aliphatic heterocycles. The first-order valence-corrected chi connectivity index (χ1v) is 8.72. The van der Waals surface area contributed by atoms with Crippen molar-refractivity contribution < 1.29 is 9.21 Å². The molecular formula is C17H16Cl2N2O2S. The average molecular weight is 383 g/mol. The van der Waals surface area contributed by atoms with Gasteiger partial charge in [0.15, 0.2) is 5.76 Å². The van der Waals surface area contributed by atoms with Gasteiger partial charge >= 0.3 is 0 Å². The third-order valence-electron chi connectivity index (χ3n) is 4.03. The van der Waals surface area contributed by atoms with Crippen LogP contribution < -0.4 is 0 Å². The van der Waals surface area contributed by atoms with Crippen LogP contribution in [0, 0.1) is 0 Å². The fourth-order valence-corrected chi connectivity index (χ4v) is 3.46. The van der Waals surface area contributed by atoms with Crippen molar-refractivity contribution in [3.63, 3.8) is 0 Å². The number of halogens is 2. The Morgan fingerprint density at radius 3 is 2.38 bits per heavy atom. The molecule has 0 spiro atoms. The van der Waals surface area contributed by atoms with Gasteiger partial charge in [-0.05, 0) is 30.3 Å². The highest BCUT2D eigenvalue weighted by Crippen LogP contribution is 2.32. The maximum absolute atomic E-state index is 11.4. The molecule has 4 nitrogen and oxygen atoms in total. The minimum absolute atomic E-state index is 0.0956. The molecule has 1 aromatic heterocycles. The Morgan fingerprint density at radius 2 is 1.75 bits per heavy atom. The first-order valence-electron chi connectivity index (χ1n) is 7.56. The van der Waals surface area contributed by atoms with Crippen molar-refractivity contribution in [2.75, 3.05) is 26.2 Å². The van der Waals surface area contributed by atoms with Gasteiger partial charge in [0, 0.05) is 43.7 Å². The summed E-state index contributed by atoms with van der Waals surface area (Å²) in [6.07, 6.45) is 0. The summed E-state index contributed by atoms with van der Waals surface area (Å²) in [7, 11) is 0. The molecule has 1 aromatic carbocycles. The van der Waals surface area contributed by atoms with E-state index in [1.165, 1.54) is 0 Å². The van der Waals surface area contributed by atoms with Crippen LogP contribution in [0.2, 0.25) is 10.0 Å². The molecule has 2 heterocycles. The van der Waals surface area contributed by atoms with E-state index < -0.39 is 0 Å². The number of carbonyl (C=O) groups is 1. The van der Waals surface area contributed by atoms with Gasteiger partial charge in [-0.2, -0.15) is 0 Å². The fourth-order valence-electron chi connectivity index (χ4n) is 2.67. The lowest BCUT2D eigenvalue weighted by Crippen LogP contribution is -2.49. The highest BCUT2D eigenvalue weighted by Gasteiger charge is 2.23. The van der Waals surface area contributed by atoms with E-state index in [1.54, 1.807) is 19.1 Å². The smallest absolute Gasteiger partial charge is 0.219 e. The molecule has 1 fully saturated rings. The number of piperazine rings is 1. The Balaban J connectivity index is 1.74. The van der Waals surface area contributed by atoms with Crippen LogP contribution in [0.15, 0.2) is 34.7 Å². The summed E-state index contributed by atoms with van der Waals surface area (Å²) in [5.41, 5.74) is 0.775. The van der Waals surface area contributed by atoms with E-state index in [1.807, 2.05) is 23.1 Å². The van der Waals surface area contributed by atoms with Gasteiger partial charge in [-0.1, -0.05) is 35.4 Å². The van der Waals surface area contributed by atoms with Crippen molar-refractivity contribution in [2.24, 2.45) is 0 Å². The Labute approximate surface area is 155 Å². The molecule has 0 atom stereocenters. The van der Waals surface area contributed by atoms with Gasteiger partial charge < -0.3 is 14.2 Å². The zero-order valence-corrected chi connectivity index (χ0v) is 15.4. The van der Waals surface area contributed by atoms with Gasteiger partial charge in [0.1, 0.15) is 10.7 Å². The molecule has 1 amide bonds. The zero-order valence-electron chi connectivity index (χ0n) is 13.1. The molecule has 0 aliphatic carbocycles. The topological polar surface area (TPSA) is 36.7 Å². The van der Waals surface area contributed by atoms with E-state index in [0.29, 0.717) is 52.7 Å². The largest absolute Gasteiger partial charge is 0.454 e. The molecule has 2 aromatic rings. The standard InChI is InChI=1S/C17H16Cl2N2O2S/c1-11(22)20-6-8-21(9-7-20)17(24)16-5-4-15(23-16)13-3-2-12(18)10-14(13)19/h2-5,10H,6-9H2,1H3. The van der Waals surface area contributed by atoms with Crippen molar-refractivity contribution >= 4 is 46.3 Å². The number of furan rings is 1. The van der Waals surface area contributed by atoms with Crippen LogP contribution in [-0.4, -0.2) is 46.9 Å². The van der Waals surface area contributed by atoms with Gasteiger partial charge in [-0.3, -0.25) is 4.79 Å². The predicted molar refractivity (Wildman–Crippen MR) is 99.7 cm³/mol. The third-order valence-corrected chi connectivity index (χ3v) is 5.03. The minimum atomic E-state index is 0.0956. The molecule has 7 heteroatoms. The molecule has 1 saturated heterocycles. The van der Waals surface area contributed by atoms with E-state index >= 15 is 0 Å². The molecule has 0 radical (unpaired) electrons. The second kappa shape index (κ2) is 7.13. The second-order valence-corrected chi connectivity index (χ2v) is 6.82. The summed E-state index contributed by atoms with van der Waals surface area (Å²) >= 11 is 17.7. The summed E-state index contributed by atoms with van der Waals surface area (Å²) in [4.78, 5) is 15.9. The van der Waals surface area contributed by atoms with Crippen molar-refractivity contribution in [1.82, 2.24) is 9.80 Å². The third kappa shape index (κ3) is 3.58. The van der Waals surface area contributed by atoms with Gasteiger partial charge in [0.25, 0.3) is 0 Å². The van der Waals surface area contributed by atoms with Crippen LogP contribution in [0.25, 0.3) is 11.3 Å². The van der Waals surface area contributed by atoms with Crippen LogP contribution in [0.1, 0.15) is 12.7 Å². The molecule has 0 N–H and O–H groups in total. The van der Waals surface area contributed by atoms with Crippen molar-refractivity contribution in [2.45, 2.75) is 6.92 Å². The van der Waals surface area contributed by atoms with Crippen LogP contribution in [-0.2, 0) is 4.79 Å². The van der Waals surface area contributed by atoms with Gasteiger partial charge in [0.05, 0.1) is 5.02 Å². The Bertz CT molecular complexity index is 783. The lowest BCUT2D eigenvalue weighted by atomic mass is 10.2. The first-order chi connectivity index (χ1) is 11.5. The quantitative estimate of drug-likeness (QED) is 0.732. The molecular weight excluding hydrogens is 367 g/mol. The summed E-state index contributed by atoms with van der Waals surface area (Å²) in [6, 6.07) is 8.97. The fraction of sp³-hybridized carbons (Fsp3) is 0.294. The zero-order chi connectivity index (χ0) is 17.3. The monoisotopic (exact) mass is 382 g/mol. The molecule has 0 bridgehead atoms. The molecule has 1 aliphatic rings. The average Bonchev–Trinajstić information content (AvgIpc) is 3.04. The van der Waals surface area contributed by atoms with Crippen molar-refractivity contribution in [1.29, 1.82) is 0 Å². The number of amides is 1. The Hall–Kier alpha value is -1.56. The predicted octanol–water partition coefficient (Wildman–Crippen LogP) is 4.09. The van der Waals surface area contributed by atoms with Crippen LogP contribution in [0.4, 0.5) is 0 Å². The molecule has 3 rings (SSSR count). The van der Waals surface area contributed by atoms with Crippen LogP contribution >= 0.6 is 35.4 Å². The van der Waals surface area contributed by atoms with Gasteiger partial charge in [-0.15, -0.1) is 0 Å². The van der Waals surface area contributed by atoms with Gasteiger partial charge in [0.2, 0.25) is 5.91 Å². The second-order valence-electron chi connectivity index (χ2n) is 5.59. The van der Waals surface area contributed by atoms with E-state index in [4.69, 9.17) is 39.8 Å². The lowest BCUT2D eigenvalue weighted by Gasteiger charge is -2.35. The molecule has 126 valence electrons. The van der Waals surface area contributed by atoms with E-state index in [9.17, 15) is 4.79 Å². The minimum Gasteiger partial charge on any atom is -0.454 e. The normalized spacial score (nSPS) is 14.8. The van der Waals surface area contributed by atoms with Gasteiger partial charge in [-0.25, -0.2) is 0 Å². The Morgan fingerprint density at radius 1 is 1.08 bits per heavy atom. The van der Waals surface area contributed by atoms with E-state index in [0.717, 1.165) is 5.56 Å². The SMILES string of the molecule is CC(=O)N1CCN(C(=S)c2ccc(-c3ccc(Cl)cc3Cl)o2)CC1. The number of hydrogen-bond acceptors (Lipinski definition) is 3. The molecule has 0 saturated carbocycles. The summed E-state index contributed by atoms with van der Waals surface area (Å²) < 4.78 is 5.89.